The normalized spacial score (nSPS) is 10.7. The fraction of sp³-hybridized carbons (Fsp3) is 0.286. The van der Waals surface area contributed by atoms with Crippen LogP contribution in [0, 0.1) is 13.8 Å². The Morgan fingerprint density at radius 3 is 2.67 bits per heavy atom. The molecule has 0 aliphatic heterocycles. The summed E-state index contributed by atoms with van der Waals surface area (Å²) in [6, 6.07) is 5.68. The summed E-state index contributed by atoms with van der Waals surface area (Å²) in [6.45, 7) is 5.41. The Labute approximate surface area is 186 Å². The van der Waals surface area contributed by atoms with Gasteiger partial charge in [0.15, 0.2) is 0 Å². The van der Waals surface area contributed by atoms with Crippen LogP contribution in [0.1, 0.15) is 44.7 Å². The molecule has 1 aromatic carbocycles. The van der Waals surface area contributed by atoms with Crippen molar-refractivity contribution in [1.82, 2.24) is 9.97 Å². The second-order valence-corrected chi connectivity index (χ2v) is 8.18. The van der Waals surface area contributed by atoms with Crippen molar-refractivity contribution in [2.24, 2.45) is 0 Å². The van der Waals surface area contributed by atoms with Crippen LogP contribution in [0.4, 0.5) is 0 Å². The first kappa shape index (κ1) is 22.0. The van der Waals surface area contributed by atoms with E-state index in [1.165, 1.54) is 11.3 Å². The van der Waals surface area contributed by atoms with Gasteiger partial charge in [0, 0.05) is 15.5 Å². The first-order valence-electron chi connectivity index (χ1n) is 9.17. The lowest BCUT2D eigenvalue weighted by molar-refractivity contribution is 0.0461. The van der Waals surface area contributed by atoms with Crippen LogP contribution in [0.25, 0.3) is 10.6 Å². The number of benzene rings is 1. The van der Waals surface area contributed by atoms with E-state index in [4.69, 9.17) is 14.2 Å². The minimum atomic E-state index is -0.555. The van der Waals surface area contributed by atoms with E-state index >= 15 is 0 Å². The van der Waals surface area contributed by atoms with Gasteiger partial charge in [-0.15, -0.1) is 11.3 Å². The zero-order valence-corrected chi connectivity index (χ0v) is 19.4. The summed E-state index contributed by atoms with van der Waals surface area (Å²) in [5, 5.41) is 2.59. The number of carbonyl (C=O) groups excluding carboxylic acids is 2. The van der Waals surface area contributed by atoms with Crippen LogP contribution in [0.5, 0.6) is 5.75 Å². The Morgan fingerprint density at radius 2 is 1.97 bits per heavy atom. The smallest absolute Gasteiger partial charge is 0.355 e. The van der Waals surface area contributed by atoms with E-state index in [2.05, 4.69) is 25.9 Å². The molecule has 0 unspecified atom stereocenters. The van der Waals surface area contributed by atoms with E-state index in [9.17, 15) is 9.59 Å². The summed E-state index contributed by atoms with van der Waals surface area (Å²) in [6.07, 6.45) is 0. The van der Waals surface area contributed by atoms with Gasteiger partial charge in [0.25, 0.3) is 0 Å². The quantitative estimate of drug-likeness (QED) is 0.463. The average Bonchev–Trinajstić information content (AvgIpc) is 3.30. The largest absolute Gasteiger partial charge is 0.496 e. The van der Waals surface area contributed by atoms with Gasteiger partial charge in [0.2, 0.25) is 0 Å². The molecule has 0 saturated heterocycles. The van der Waals surface area contributed by atoms with Crippen molar-refractivity contribution in [3.05, 3.63) is 56.3 Å². The molecule has 0 atom stereocenters. The van der Waals surface area contributed by atoms with Crippen molar-refractivity contribution in [3.8, 4) is 16.3 Å². The molecule has 0 bridgehead atoms. The molecule has 0 amide bonds. The molecule has 0 radical (unpaired) electrons. The molecule has 0 saturated carbocycles. The fourth-order valence-electron chi connectivity index (χ4n) is 3.02. The number of ether oxygens (including phenoxy) is 3. The minimum Gasteiger partial charge on any atom is -0.496 e. The van der Waals surface area contributed by atoms with Crippen LogP contribution in [-0.2, 0) is 16.1 Å². The first-order valence-corrected chi connectivity index (χ1v) is 10.8. The number of halogens is 1. The van der Waals surface area contributed by atoms with Crippen LogP contribution < -0.4 is 4.74 Å². The molecule has 158 valence electrons. The van der Waals surface area contributed by atoms with Crippen molar-refractivity contribution in [2.45, 2.75) is 27.4 Å². The second-order valence-electron chi connectivity index (χ2n) is 6.41. The molecule has 30 heavy (non-hydrogen) atoms. The number of nitrogens with one attached hydrogen (secondary N) is 1. The predicted molar refractivity (Wildman–Crippen MR) is 117 cm³/mol. The molecular formula is C21H21BrN2O5S. The maximum absolute atomic E-state index is 12.6. The summed E-state index contributed by atoms with van der Waals surface area (Å²) in [4.78, 5) is 32.1. The number of aromatic amines is 1. The van der Waals surface area contributed by atoms with Gasteiger partial charge in [-0.05, 0) is 44.5 Å². The molecule has 0 fully saturated rings. The van der Waals surface area contributed by atoms with E-state index in [1.54, 1.807) is 27.9 Å². The zero-order valence-electron chi connectivity index (χ0n) is 17.0. The molecule has 0 aliphatic carbocycles. The van der Waals surface area contributed by atoms with Crippen LogP contribution in [0.2, 0.25) is 0 Å². The molecular weight excluding hydrogens is 472 g/mol. The number of methoxy groups -OCH3 is 1. The number of esters is 2. The zero-order chi connectivity index (χ0) is 21.8. The molecule has 3 aromatic rings. The van der Waals surface area contributed by atoms with Crippen molar-refractivity contribution < 1.29 is 23.8 Å². The number of H-pyrrole nitrogens is 1. The lowest BCUT2D eigenvalue weighted by atomic mass is 10.1. The summed E-state index contributed by atoms with van der Waals surface area (Å²) in [5.41, 5.74) is 3.15. The van der Waals surface area contributed by atoms with E-state index in [-0.39, 0.29) is 18.9 Å². The highest BCUT2D eigenvalue weighted by Crippen LogP contribution is 2.34. The van der Waals surface area contributed by atoms with Gasteiger partial charge < -0.3 is 19.2 Å². The molecule has 2 heterocycles. The van der Waals surface area contributed by atoms with Crippen LogP contribution in [-0.4, -0.2) is 35.6 Å². The average molecular weight is 493 g/mol. The summed E-state index contributed by atoms with van der Waals surface area (Å²) < 4.78 is 16.8. The van der Waals surface area contributed by atoms with Gasteiger partial charge in [0.1, 0.15) is 23.1 Å². The molecule has 9 heteroatoms. The van der Waals surface area contributed by atoms with Gasteiger partial charge in [-0.3, -0.25) is 0 Å². The van der Waals surface area contributed by atoms with Crippen molar-refractivity contribution in [1.29, 1.82) is 0 Å². The standard InChI is InChI=1S/C21H21BrN2O5S/c1-5-28-20(25)17-11(2)18(23-12(17)3)21(26)29-9-14-10-30-19(24-14)15-8-13(22)6-7-16(15)27-4/h6-8,10,23H,5,9H2,1-4H3. The number of aromatic nitrogens is 2. The van der Waals surface area contributed by atoms with E-state index in [0.29, 0.717) is 28.3 Å². The van der Waals surface area contributed by atoms with Crippen molar-refractivity contribution in [3.63, 3.8) is 0 Å². The molecule has 2 aromatic heterocycles. The topological polar surface area (TPSA) is 90.5 Å². The lowest BCUT2D eigenvalue weighted by Gasteiger charge is -2.06. The van der Waals surface area contributed by atoms with Gasteiger partial charge in [-0.2, -0.15) is 0 Å². The van der Waals surface area contributed by atoms with Crippen LogP contribution >= 0.6 is 27.3 Å². The molecule has 7 nitrogen and oxygen atoms in total. The fourth-order valence-corrected chi connectivity index (χ4v) is 4.21. The monoisotopic (exact) mass is 492 g/mol. The predicted octanol–water partition coefficient (Wildman–Crippen LogP) is 5.06. The third-order valence-corrected chi connectivity index (χ3v) is 5.83. The third kappa shape index (κ3) is 4.57. The maximum atomic E-state index is 12.6. The Kier molecular flexibility index (Phi) is 6.94. The minimum absolute atomic E-state index is 0.0118. The highest BCUT2D eigenvalue weighted by Gasteiger charge is 2.24. The molecule has 1 N–H and O–H groups in total. The number of hydrogen-bond donors (Lipinski definition) is 1. The van der Waals surface area contributed by atoms with E-state index in [0.717, 1.165) is 15.0 Å². The number of carbonyl (C=O) groups is 2. The highest BCUT2D eigenvalue weighted by atomic mass is 79.9. The Hall–Kier alpha value is -2.65. The summed E-state index contributed by atoms with van der Waals surface area (Å²) in [7, 11) is 1.61. The number of aryl methyl sites for hydroxylation is 1. The Balaban J connectivity index is 1.73. The number of nitrogens with zero attached hydrogens (tertiary/aromatic N) is 1. The highest BCUT2D eigenvalue weighted by molar-refractivity contribution is 9.10. The molecule has 3 rings (SSSR count). The third-order valence-electron chi connectivity index (χ3n) is 4.42. The van der Waals surface area contributed by atoms with Gasteiger partial charge >= 0.3 is 11.9 Å². The first-order chi connectivity index (χ1) is 14.3. The van der Waals surface area contributed by atoms with Gasteiger partial charge in [-0.25, -0.2) is 14.6 Å². The maximum Gasteiger partial charge on any atom is 0.355 e. The van der Waals surface area contributed by atoms with Crippen molar-refractivity contribution in [2.75, 3.05) is 13.7 Å². The number of rotatable bonds is 7. The number of thiazole rings is 1. The molecule has 0 spiro atoms. The van der Waals surface area contributed by atoms with Crippen LogP contribution in [0.15, 0.2) is 28.1 Å². The van der Waals surface area contributed by atoms with Crippen molar-refractivity contribution >= 4 is 39.2 Å². The van der Waals surface area contributed by atoms with E-state index in [1.807, 2.05) is 23.6 Å². The molecule has 0 aliphatic rings. The number of hydrogen-bond acceptors (Lipinski definition) is 7. The lowest BCUT2D eigenvalue weighted by Crippen LogP contribution is -2.09. The Bertz CT molecular complexity index is 1090. The van der Waals surface area contributed by atoms with E-state index < -0.39 is 11.9 Å². The van der Waals surface area contributed by atoms with Gasteiger partial charge in [0.05, 0.1) is 30.5 Å². The SMILES string of the molecule is CCOC(=O)c1c(C)[nH]c(C(=O)OCc2csc(-c3cc(Br)ccc3OC)n2)c1C. The summed E-state index contributed by atoms with van der Waals surface area (Å²) in [5.74, 6) is -0.310. The van der Waals surface area contributed by atoms with Crippen LogP contribution in [0.3, 0.4) is 0 Å². The van der Waals surface area contributed by atoms with Gasteiger partial charge in [-0.1, -0.05) is 15.9 Å². The second kappa shape index (κ2) is 9.44. The summed E-state index contributed by atoms with van der Waals surface area (Å²) >= 11 is 4.89. The Morgan fingerprint density at radius 1 is 1.20 bits per heavy atom.